The third kappa shape index (κ3) is 3.00. The van der Waals surface area contributed by atoms with Crippen molar-refractivity contribution in [3.05, 3.63) is 65.7 Å². The van der Waals surface area contributed by atoms with Gasteiger partial charge in [-0.25, -0.2) is 0 Å². The average molecular weight is 362 g/mol. The summed E-state index contributed by atoms with van der Waals surface area (Å²) in [6.07, 6.45) is 2.94. The second kappa shape index (κ2) is 6.97. The molecule has 1 atom stereocenters. The van der Waals surface area contributed by atoms with Crippen LogP contribution in [0, 0.1) is 0 Å². The lowest BCUT2D eigenvalue weighted by Gasteiger charge is -2.46. The fourth-order valence-corrected chi connectivity index (χ4v) is 4.28. The molecule has 3 nitrogen and oxygen atoms in total. The Morgan fingerprint density at radius 2 is 1.89 bits per heavy atom. The fourth-order valence-electron chi connectivity index (χ4n) is 4.28. The summed E-state index contributed by atoms with van der Waals surface area (Å²) in [4.78, 5) is 13.0. The van der Waals surface area contributed by atoms with Crippen LogP contribution in [0.1, 0.15) is 44.2 Å². The van der Waals surface area contributed by atoms with Gasteiger partial charge in [0.2, 0.25) is 5.78 Å². The first-order valence-electron chi connectivity index (χ1n) is 9.76. The third-order valence-corrected chi connectivity index (χ3v) is 5.82. The minimum atomic E-state index is -0.640. The molecule has 0 saturated heterocycles. The molecule has 0 radical (unpaired) electrons. The molecule has 0 N–H and O–H groups in total. The first-order chi connectivity index (χ1) is 13.1. The molecule has 2 aromatic rings. The van der Waals surface area contributed by atoms with Crippen LogP contribution < -0.4 is 4.74 Å². The van der Waals surface area contributed by atoms with Gasteiger partial charge in [-0.15, -0.1) is 0 Å². The zero-order valence-corrected chi connectivity index (χ0v) is 16.1. The van der Waals surface area contributed by atoms with E-state index < -0.39 is 11.7 Å². The van der Waals surface area contributed by atoms with E-state index in [9.17, 15) is 4.79 Å². The van der Waals surface area contributed by atoms with Gasteiger partial charge in [0.15, 0.2) is 6.10 Å². The number of hydrogen-bond acceptors (Lipinski definition) is 3. The summed E-state index contributed by atoms with van der Waals surface area (Å²) >= 11 is 0. The van der Waals surface area contributed by atoms with E-state index in [1.165, 1.54) is 16.7 Å². The standard InChI is InChI=1S/C24H26O3/c1-4-26-24(13-8-14-24)23(22(25)16(2)3)27-21-12-7-11-19-18-10-6-5-9-17(18)15-20(19)21/h5-7,9-12,23H,2,4,8,13-15H2,1,3H3. The maximum atomic E-state index is 13.0. The molecule has 4 rings (SSSR count). The number of carbonyl (C=O) groups is 1. The van der Waals surface area contributed by atoms with Crippen molar-refractivity contribution in [2.75, 3.05) is 6.61 Å². The Kier molecular flexibility index (Phi) is 4.65. The second-order valence-corrected chi connectivity index (χ2v) is 7.61. The Balaban J connectivity index is 1.71. The topological polar surface area (TPSA) is 35.5 Å². The van der Waals surface area contributed by atoms with Crippen molar-refractivity contribution in [3.63, 3.8) is 0 Å². The minimum Gasteiger partial charge on any atom is -0.479 e. The highest BCUT2D eigenvalue weighted by atomic mass is 16.6. The maximum absolute atomic E-state index is 13.0. The summed E-state index contributed by atoms with van der Waals surface area (Å²) in [5.74, 6) is 0.727. The van der Waals surface area contributed by atoms with Crippen molar-refractivity contribution in [1.29, 1.82) is 0 Å². The van der Waals surface area contributed by atoms with Gasteiger partial charge in [-0.1, -0.05) is 43.0 Å². The number of ether oxygens (including phenoxy) is 2. The molecule has 1 fully saturated rings. The van der Waals surface area contributed by atoms with E-state index in [1.54, 1.807) is 6.92 Å². The highest BCUT2D eigenvalue weighted by Crippen LogP contribution is 2.45. The predicted molar refractivity (Wildman–Crippen MR) is 107 cm³/mol. The lowest BCUT2D eigenvalue weighted by molar-refractivity contribution is -0.167. The van der Waals surface area contributed by atoms with E-state index in [0.717, 1.165) is 37.0 Å². The van der Waals surface area contributed by atoms with Crippen LogP contribution >= 0.6 is 0 Å². The predicted octanol–water partition coefficient (Wildman–Crippen LogP) is 5.11. The number of Topliss-reactive ketones (excluding diaryl/α,β-unsaturated/α-hetero) is 1. The molecule has 27 heavy (non-hydrogen) atoms. The molecule has 140 valence electrons. The summed E-state index contributed by atoms with van der Waals surface area (Å²) in [6, 6.07) is 14.5. The van der Waals surface area contributed by atoms with Crippen LogP contribution in [0.3, 0.4) is 0 Å². The number of hydrogen-bond donors (Lipinski definition) is 0. The van der Waals surface area contributed by atoms with Crippen LogP contribution in [0.15, 0.2) is 54.6 Å². The van der Waals surface area contributed by atoms with Crippen molar-refractivity contribution < 1.29 is 14.3 Å². The smallest absolute Gasteiger partial charge is 0.201 e. The molecule has 3 heteroatoms. The van der Waals surface area contributed by atoms with Crippen LogP contribution in [-0.2, 0) is 16.0 Å². The number of rotatable bonds is 7. The van der Waals surface area contributed by atoms with E-state index in [1.807, 2.05) is 19.1 Å². The van der Waals surface area contributed by atoms with E-state index in [4.69, 9.17) is 9.47 Å². The Morgan fingerprint density at radius 3 is 2.56 bits per heavy atom. The fraction of sp³-hybridized carbons (Fsp3) is 0.375. The monoisotopic (exact) mass is 362 g/mol. The molecule has 1 unspecified atom stereocenters. The van der Waals surface area contributed by atoms with Crippen molar-refractivity contribution in [3.8, 4) is 16.9 Å². The summed E-state index contributed by atoms with van der Waals surface area (Å²) in [7, 11) is 0. The second-order valence-electron chi connectivity index (χ2n) is 7.61. The molecule has 0 heterocycles. The number of ketones is 1. The molecule has 2 aliphatic carbocycles. The Hall–Kier alpha value is -2.39. The van der Waals surface area contributed by atoms with E-state index in [-0.39, 0.29) is 5.78 Å². The molecular weight excluding hydrogens is 336 g/mol. The SMILES string of the molecule is C=C(C)C(=O)C(Oc1cccc2c1Cc1ccccc1-2)C1(OCC)CCC1. The van der Waals surface area contributed by atoms with Gasteiger partial charge in [-0.3, -0.25) is 4.79 Å². The normalized spacial score (nSPS) is 17.4. The molecule has 0 aromatic heterocycles. The van der Waals surface area contributed by atoms with Gasteiger partial charge in [0.05, 0.1) is 0 Å². The van der Waals surface area contributed by atoms with E-state index >= 15 is 0 Å². The van der Waals surface area contributed by atoms with Gasteiger partial charge in [-0.2, -0.15) is 0 Å². The minimum absolute atomic E-state index is 0.0590. The molecule has 0 spiro atoms. The van der Waals surface area contributed by atoms with Gasteiger partial charge in [-0.05, 0) is 61.4 Å². The summed E-state index contributed by atoms with van der Waals surface area (Å²) in [5.41, 5.74) is 4.90. The number of benzene rings is 2. The highest BCUT2D eigenvalue weighted by Gasteiger charge is 2.50. The Labute approximate surface area is 161 Å². The van der Waals surface area contributed by atoms with Crippen molar-refractivity contribution >= 4 is 5.78 Å². The van der Waals surface area contributed by atoms with E-state index in [0.29, 0.717) is 12.2 Å². The van der Waals surface area contributed by atoms with Crippen LogP contribution in [0.4, 0.5) is 0 Å². The van der Waals surface area contributed by atoms with Crippen molar-refractivity contribution in [2.45, 2.75) is 51.2 Å². The Bertz CT molecular complexity index is 892. The number of fused-ring (bicyclic) bond motifs is 3. The van der Waals surface area contributed by atoms with Gasteiger partial charge >= 0.3 is 0 Å². The molecule has 1 saturated carbocycles. The first-order valence-corrected chi connectivity index (χ1v) is 9.76. The first kappa shape index (κ1) is 18.0. The molecule has 0 bridgehead atoms. The van der Waals surface area contributed by atoms with Gasteiger partial charge in [0.1, 0.15) is 11.4 Å². The summed E-state index contributed by atoms with van der Waals surface area (Å²) in [6.45, 7) is 8.16. The molecule has 0 amide bonds. The Morgan fingerprint density at radius 1 is 1.15 bits per heavy atom. The maximum Gasteiger partial charge on any atom is 0.201 e. The zero-order chi connectivity index (χ0) is 19.0. The van der Waals surface area contributed by atoms with Crippen LogP contribution in [-0.4, -0.2) is 24.1 Å². The average Bonchev–Trinajstić information content (AvgIpc) is 3.02. The lowest BCUT2D eigenvalue weighted by Crippen LogP contribution is -2.57. The summed E-state index contributed by atoms with van der Waals surface area (Å²) in [5, 5.41) is 0. The molecule has 2 aromatic carbocycles. The quantitative estimate of drug-likeness (QED) is 0.548. The molecular formula is C24H26O3. The summed E-state index contributed by atoms with van der Waals surface area (Å²) < 4.78 is 12.5. The van der Waals surface area contributed by atoms with Gasteiger partial charge in [0, 0.05) is 18.6 Å². The molecule has 0 aliphatic heterocycles. The van der Waals surface area contributed by atoms with Crippen LogP contribution in [0.25, 0.3) is 11.1 Å². The van der Waals surface area contributed by atoms with Crippen molar-refractivity contribution in [2.24, 2.45) is 0 Å². The van der Waals surface area contributed by atoms with E-state index in [2.05, 4.69) is 36.9 Å². The third-order valence-electron chi connectivity index (χ3n) is 5.82. The van der Waals surface area contributed by atoms with Crippen LogP contribution in [0.5, 0.6) is 5.75 Å². The van der Waals surface area contributed by atoms with Gasteiger partial charge in [0.25, 0.3) is 0 Å². The largest absolute Gasteiger partial charge is 0.479 e. The highest BCUT2D eigenvalue weighted by molar-refractivity contribution is 5.99. The van der Waals surface area contributed by atoms with Crippen molar-refractivity contribution in [1.82, 2.24) is 0 Å². The number of carbonyl (C=O) groups excluding carboxylic acids is 1. The lowest BCUT2D eigenvalue weighted by atomic mass is 9.73. The molecule has 2 aliphatic rings. The van der Waals surface area contributed by atoms with Crippen LogP contribution in [0.2, 0.25) is 0 Å². The van der Waals surface area contributed by atoms with Gasteiger partial charge < -0.3 is 9.47 Å². The zero-order valence-electron chi connectivity index (χ0n) is 16.1.